The molecule has 0 saturated carbocycles. The third-order valence-electron chi connectivity index (χ3n) is 2.55. The number of rotatable bonds is 4. The van der Waals surface area contributed by atoms with Crippen LogP contribution in [-0.4, -0.2) is 10.9 Å². The van der Waals surface area contributed by atoms with Crippen molar-refractivity contribution in [3.8, 4) is 0 Å². The van der Waals surface area contributed by atoms with Gasteiger partial charge < -0.3 is 10.7 Å². The highest BCUT2D eigenvalue weighted by Crippen LogP contribution is 2.16. The molecule has 1 aromatic carbocycles. The van der Waals surface area contributed by atoms with Crippen LogP contribution in [0.15, 0.2) is 36.4 Å². The maximum absolute atomic E-state index is 12.0. The van der Waals surface area contributed by atoms with Crippen molar-refractivity contribution in [3.05, 3.63) is 57.7 Å². The lowest BCUT2D eigenvalue weighted by Crippen LogP contribution is -2.24. The Bertz CT molecular complexity index is 634. The lowest BCUT2D eigenvalue weighted by molar-refractivity contribution is 0.0946. The molecular weight excluding hydrogens is 299 g/mol. The van der Waals surface area contributed by atoms with Gasteiger partial charge in [-0.2, -0.15) is 0 Å². The van der Waals surface area contributed by atoms with E-state index in [0.29, 0.717) is 17.4 Å². The molecule has 0 aliphatic carbocycles. The molecule has 0 saturated heterocycles. The summed E-state index contributed by atoms with van der Waals surface area (Å²) in [6.45, 7) is 0.331. The van der Waals surface area contributed by atoms with E-state index >= 15 is 0 Å². The van der Waals surface area contributed by atoms with Gasteiger partial charge in [0.05, 0.1) is 5.02 Å². The average molecular weight is 311 g/mol. The molecule has 5 nitrogen and oxygen atoms in total. The van der Waals surface area contributed by atoms with Crippen LogP contribution in [0, 0.1) is 0 Å². The van der Waals surface area contributed by atoms with Crippen LogP contribution in [0.4, 0.5) is 5.82 Å². The smallest absolute Gasteiger partial charge is 0.271 e. The number of pyridine rings is 1. The van der Waals surface area contributed by atoms with E-state index in [0.717, 1.165) is 5.56 Å². The molecular formula is C13H12Cl2N4O. The number of benzene rings is 1. The summed E-state index contributed by atoms with van der Waals surface area (Å²) in [5.41, 5.74) is 3.36. The molecule has 0 radical (unpaired) electrons. The van der Waals surface area contributed by atoms with E-state index in [1.54, 1.807) is 24.3 Å². The standard InChI is InChI=1S/C13H12Cl2N4O/c14-9-3-1-2-8(6-9)7-17-13(20)12-10(15)4-5-11(18-12)19-16/h1-6H,7,16H2,(H,17,20)(H,18,19). The SMILES string of the molecule is NNc1ccc(Cl)c(C(=O)NCc2cccc(Cl)c2)n1. The monoisotopic (exact) mass is 310 g/mol. The topological polar surface area (TPSA) is 80.0 Å². The number of carbonyl (C=O) groups is 1. The van der Waals surface area contributed by atoms with Gasteiger partial charge in [0.15, 0.2) is 0 Å². The number of nitrogens with two attached hydrogens (primary N) is 1. The molecule has 1 amide bonds. The average Bonchev–Trinajstić information content (AvgIpc) is 2.45. The molecule has 0 spiro atoms. The van der Waals surface area contributed by atoms with Crippen molar-refractivity contribution in [2.45, 2.75) is 6.54 Å². The number of anilines is 1. The van der Waals surface area contributed by atoms with Crippen LogP contribution in [0.25, 0.3) is 0 Å². The first-order valence-electron chi connectivity index (χ1n) is 5.76. The van der Waals surface area contributed by atoms with Crippen LogP contribution in [0.5, 0.6) is 0 Å². The molecule has 0 unspecified atom stereocenters. The van der Waals surface area contributed by atoms with Gasteiger partial charge in [-0.25, -0.2) is 10.8 Å². The zero-order chi connectivity index (χ0) is 14.5. The van der Waals surface area contributed by atoms with Gasteiger partial charge >= 0.3 is 0 Å². The highest BCUT2D eigenvalue weighted by atomic mass is 35.5. The first kappa shape index (κ1) is 14.6. The van der Waals surface area contributed by atoms with Crippen LogP contribution in [0.1, 0.15) is 16.1 Å². The normalized spacial score (nSPS) is 10.2. The first-order chi connectivity index (χ1) is 9.60. The summed E-state index contributed by atoms with van der Waals surface area (Å²) in [7, 11) is 0. The summed E-state index contributed by atoms with van der Waals surface area (Å²) in [6, 6.07) is 10.3. The number of nitrogen functional groups attached to an aromatic ring is 1. The molecule has 7 heteroatoms. The Labute approximate surface area is 126 Å². The molecule has 1 heterocycles. The fraction of sp³-hybridized carbons (Fsp3) is 0.0769. The van der Waals surface area contributed by atoms with Gasteiger partial charge in [0.1, 0.15) is 11.5 Å². The minimum absolute atomic E-state index is 0.115. The van der Waals surface area contributed by atoms with Gasteiger partial charge in [-0.3, -0.25) is 4.79 Å². The number of halogens is 2. The van der Waals surface area contributed by atoms with Crippen molar-refractivity contribution >= 4 is 34.9 Å². The quantitative estimate of drug-likeness (QED) is 0.599. The number of aromatic nitrogens is 1. The minimum atomic E-state index is -0.382. The molecule has 4 N–H and O–H groups in total. The number of hydrogen-bond acceptors (Lipinski definition) is 4. The fourth-order valence-corrected chi connectivity index (χ4v) is 2.00. The maximum atomic E-state index is 12.0. The number of hydrogen-bond donors (Lipinski definition) is 3. The molecule has 0 atom stereocenters. The Balaban J connectivity index is 2.08. The van der Waals surface area contributed by atoms with Crippen molar-refractivity contribution in [1.82, 2.24) is 10.3 Å². The molecule has 1 aromatic heterocycles. The number of amides is 1. The molecule has 20 heavy (non-hydrogen) atoms. The Morgan fingerprint density at radius 1 is 1.25 bits per heavy atom. The third kappa shape index (κ3) is 3.60. The second-order valence-electron chi connectivity index (χ2n) is 3.98. The van der Waals surface area contributed by atoms with Gasteiger partial charge in [0.2, 0.25) is 0 Å². The van der Waals surface area contributed by atoms with Gasteiger partial charge in [0.25, 0.3) is 5.91 Å². The summed E-state index contributed by atoms with van der Waals surface area (Å²) in [6.07, 6.45) is 0. The Morgan fingerprint density at radius 2 is 2.05 bits per heavy atom. The van der Waals surface area contributed by atoms with E-state index in [1.165, 1.54) is 0 Å². The minimum Gasteiger partial charge on any atom is -0.347 e. The largest absolute Gasteiger partial charge is 0.347 e. The predicted octanol–water partition coefficient (Wildman–Crippen LogP) is 2.60. The Kier molecular flexibility index (Phi) is 4.79. The third-order valence-corrected chi connectivity index (χ3v) is 3.09. The maximum Gasteiger partial charge on any atom is 0.271 e. The van der Waals surface area contributed by atoms with Gasteiger partial charge in [-0.1, -0.05) is 35.3 Å². The van der Waals surface area contributed by atoms with Crippen molar-refractivity contribution in [1.29, 1.82) is 0 Å². The van der Waals surface area contributed by atoms with Crippen LogP contribution >= 0.6 is 23.2 Å². The van der Waals surface area contributed by atoms with Gasteiger partial charge in [0, 0.05) is 11.6 Å². The second-order valence-corrected chi connectivity index (χ2v) is 4.83. The lowest BCUT2D eigenvalue weighted by atomic mass is 10.2. The van der Waals surface area contributed by atoms with Gasteiger partial charge in [-0.15, -0.1) is 0 Å². The van der Waals surface area contributed by atoms with E-state index in [2.05, 4.69) is 15.7 Å². The Morgan fingerprint density at radius 3 is 2.75 bits per heavy atom. The molecule has 104 valence electrons. The molecule has 2 aromatic rings. The highest BCUT2D eigenvalue weighted by Gasteiger charge is 2.12. The van der Waals surface area contributed by atoms with Crippen molar-refractivity contribution in [2.75, 3.05) is 5.43 Å². The lowest BCUT2D eigenvalue weighted by Gasteiger charge is -2.08. The fourth-order valence-electron chi connectivity index (χ4n) is 1.59. The van der Waals surface area contributed by atoms with Gasteiger partial charge in [-0.05, 0) is 29.8 Å². The van der Waals surface area contributed by atoms with Crippen molar-refractivity contribution in [3.63, 3.8) is 0 Å². The van der Waals surface area contributed by atoms with Crippen molar-refractivity contribution < 1.29 is 4.79 Å². The van der Waals surface area contributed by atoms with Crippen LogP contribution in [0.3, 0.4) is 0 Å². The summed E-state index contributed by atoms with van der Waals surface area (Å²) < 4.78 is 0. The van der Waals surface area contributed by atoms with Crippen LogP contribution < -0.4 is 16.6 Å². The number of nitrogens with zero attached hydrogens (tertiary/aromatic N) is 1. The van der Waals surface area contributed by atoms with E-state index in [-0.39, 0.29) is 16.6 Å². The van der Waals surface area contributed by atoms with E-state index < -0.39 is 0 Å². The molecule has 0 fully saturated rings. The highest BCUT2D eigenvalue weighted by molar-refractivity contribution is 6.33. The molecule has 0 aliphatic heterocycles. The number of hydrazine groups is 1. The van der Waals surface area contributed by atoms with E-state index in [1.807, 2.05) is 12.1 Å². The zero-order valence-electron chi connectivity index (χ0n) is 10.4. The van der Waals surface area contributed by atoms with E-state index in [9.17, 15) is 4.79 Å². The first-order valence-corrected chi connectivity index (χ1v) is 6.51. The predicted molar refractivity (Wildman–Crippen MR) is 79.7 cm³/mol. The zero-order valence-corrected chi connectivity index (χ0v) is 11.9. The summed E-state index contributed by atoms with van der Waals surface area (Å²) in [5.74, 6) is 5.23. The summed E-state index contributed by atoms with van der Waals surface area (Å²) in [5, 5.41) is 3.59. The van der Waals surface area contributed by atoms with Crippen LogP contribution in [-0.2, 0) is 6.54 Å². The summed E-state index contributed by atoms with van der Waals surface area (Å²) in [4.78, 5) is 16.0. The Hall–Kier alpha value is -1.82. The molecule has 0 bridgehead atoms. The second kappa shape index (κ2) is 6.56. The van der Waals surface area contributed by atoms with Crippen LogP contribution in [0.2, 0.25) is 10.0 Å². The summed E-state index contributed by atoms with van der Waals surface area (Å²) >= 11 is 11.8. The van der Waals surface area contributed by atoms with Crippen molar-refractivity contribution in [2.24, 2.45) is 5.84 Å². The van der Waals surface area contributed by atoms with E-state index in [4.69, 9.17) is 29.0 Å². The number of nitrogens with one attached hydrogen (secondary N) is 2. The molecule has 2 rings (SSSR count). The number of carbonyl (C=O) groups excluding carboxylic acids is 1. The molecule has 0 aliphatic rings.